The van der Waals surface area contributed by atoms with Crippen molar-refractivity contribution in [1.82, 2.24) is 5.32 Å². The van der Waals surface area contributed by atoms with Crippen molar-refractivity contribution < 1.29 is 19.1 Å². The zero-order valence-corrected chi connectivity index (χ0v) is 17.2. The maximum Gasteiger partial charge on any atom is 0.265 e. The molecule has 6 nitrogen and oxygen atoms in total. The zero-order chi connectivity index (χ0) is 21.3. The van der Waals surface area contributed by atoms with Gasteiger partial charge in [-0.1, -0.05) is 42.5 Å². The fourth-order valence-corrected chi connectivity index (χ4v) is 3.04. The van der Waals surface area contributed by atoms with E-state index in [1.165, 1.54) is 0 Å². The van der Waals surface area contributed by atoms with Crippen LogP contribution in [-0.4, -0.2) is 38.2 Å². The maximum absolute atomic E-state index is 12.7. The standard InChI is InChI=1S/C24H26N2O4/c1-17(30-20-13-12-18-8-3-4-9-19(18)16-20)23(27)26-22-11-6-5-10-21(22)24(28)25-14-7-15-29-2/h3-6,8-13,16-17H,7,14-15H2,1-2H3,(H,25,28)(H,26,27)/t17-/m1/s1. The van der Waals surface area contributed by atoms with Gasteiger partial charge in [-0.2, -0.15) is 0 Å². The van der Waals surface area contributed by atoms with Gasteiger partial charge in [0.15, 0.2) is 6.10 Å². The Hall–Kier alpha value is -3.38. The second-order valence-corrected chi connectivity index (χ2v) is 6.91. The molecule has 2 amide bonds. The number of anilines is 1. The summed E-state index contributed by atoms with van der Waals surface area (Å²) < 4.78 is 10.8. The average molecular weight is 406 g/mol. The van der Waals surface area contributed by atoms with E-state index in [0.29, 0.717) is 36.6 Å². The number of benzene rings is 3. The summed E-state index contributed by atoms with van der Waals surface area (Å²) >= 11 is 0. The lowest BCUT2D eigenvalue weighted by molar-refractivity contribution is -0.122. The minimum atomic E-state index is -0.732. The van der Waals surface area contributed by atoms with E-state index >= 15 is 0 Å². The van der Waals surface area contributed by atoms with Gasteiger partial charge in [-0.25, -0.2) is 0 Å². The number of amides is 2. The summed E-state index contributed by atoms with van der Waals surface area (Å²) in [5, 5.41) is 7.78. The van der Waals surface area contributed by atoms with Crippen LogP contribution in [0.2, 0.25) is 0 Å². The lowest BCUT2D eigenvalue weighted by Crippen LogP contribution is -2.32. The Kier molecular flexibility index (Phi) is 7.40. The third-order valence-corrected chi connectivity index (χ3v) is 4.64. The van der Waals surface area contributed by atoms with Crippen LogP contribution in [0.4, 0.5) is 5.69 Å². The van der Waals surface area contributed by atoms with Crippen LogP contribution in [0, 0.1) is 0 Å². The first-order chi connectivity index (χ1) is 14.6. The molecule has 0 radical (unpaired) electrons. The van der Waals surface area contributed by atoms with Crippen molar-refractivity contribution in [2.75, 3.05) is 25.6 Å². The molecule has 0 unspecified atom stereocenters. The summed E-state index contributed by atoms with van der Waals surface area (Å²) in [7, 11) is 1.62. The number of hydrogen-bond donors (Lipinski definition) is 2. The summed E-state index contributed by atoms with van der Waals surface area (Å²) in [5.74, 6) is 0.0356. The number of rotatable bonds is 9. The Morgan fingerprint density at radius 1 is 0.967 bits per heavy atom. The summed E-state index contributed by atoms with van der Waals surface area (Å²) in [6.07, 6.45) is -0.0168. The van der Waals surface area contributed by atoms with Crippen molar-refractivity contribution in [3.63, 3.8) is 0 Å². The zero-order valence-electron chi connectivity index (χ0n) is 17.2. The van der Waals surface area contributed by atoms with E-state index < -0.39 is 6.10 Å². The molecule has 3 aromatic rings. The molecular weight excluding hydrogens is 380 g/mol. The third-order valence-electron chi connectivity index (χ3n) is 4.64. The van der Waals surface area contributed by atoms with Crippen LogP contribution in [-0.2, 0) is 9.53 Å². The molecule has 0 saturated carbocycles. The molecule has 0 saturated heterocycles. The number of ether oxygens (including phenoxy) is 2. The molecule has 30 heavy (non-hydrogen) atoms. The van der Waals surface area contributed by atoms with Crippen LogP contribution in [0.5, 0.6) is 5.75 Å². The van der Waals surface area contributed by atoms with Gasteiger partial charge in [-0.05, 0) is 48.4 Å². The topological polar surface area (TPSA) is 76.7 Å². The number of hydrogen-bond acceptors (Lipinski definition) is 4. The summed E-state index contributed by atoms with van der Waals surface area (Å²) in [5.41, 5.74) is 0.849. The lowest BCUT2D eigenvalue weighted by atomic mass is 10.1. The fourth-order valence-electron chi connectivity index (χ4n) is 3.04. The average Bonchev–Trinajstić information content (AvgIpc) is 2.77. The Morgan fingerprint density at radius 3 is 2.50 bits per heavy atom. The van der Waals surface area contributed by atoms with Crippen molar-refractivity contribution in [2.45, 2.75) is 19.4 Å². The van der Waals surface area contributed by atoms with Crippen LogP contribution in [0.1, 0.15) is 23.7 Å². The normalized spacial score (nSPS) is 11.7. The summed E-state index contributed by atoms with van der Waals surface area (Å²) in [4.78, 5) is 25.1. The Morgan fingerprint density at radius 2 is 1.70 bits per heavy atom. The maximum atomic E-state index is 12.7. The Bertz CT molecular complexity index is 1020. The highest BCUT2D eigenvalue weighted by molar-refractivity contribution is 6.04. The molecule has 3 rings (SSSR count). The van der Waals surface area contributed by atoms with Crippen molar-refractivity contribution in [1.29, 1.82) is 0 Å². The first-order valence-corrected chi connectivity index (χ1v) is 9.91. The number of nitrogens with one attached hydrogen (secondary N) is 2. The molecule has 0 aliphatic heterocycles. The van der Waals surface area contributed by atoms with Gasteiger partial charge in [0.25, 0.3) is 11.8 Å². The predicted octanol–water partition coefficient (Wildman–Crippen LogP) is 4.01. The smallest absolute Gasteiger partial charge is 0.265 e. The van der Waals surface area contributed by atoms with E-state index in [0.717, 1.165) is 10.8 Å². The van der Waals surface area contributed by atoms with Gasteiger partial charge in [-0.3, -0.25) is 9.59 Å². The molecule has 0 aliphatic rings. The highest BCUT2D eigenvalue weighted by Gasteiger charge is 2.18. The van der Waals surface area contributed by atoms with Gasteiger partial charge in [0, 0.05) is 20.3 Å². The molecule has 6 heteroatoms. The quantitative estimate of drug-likeness (QED) is 0.527. The fraction of sp³-hybridized carbons (Fsp3) is 0.250. The molecular formula is C24H26N2O4. The van der Waals surface area contributed by atoms with Crippen molar-refractivity contribution >= 4 is 28.3 Å². The molecule has 0 aliphatic carbocycles. The molecule has 0 aromatic heterocycles. The SMILES string of the molecule is COCCCNC(=O)c1ccccc1NC(=O)[C@@H](C)Oc1ccc2ccccc2c1. The third kappa shape index (κ3) is 5.58. The second-order valence-electron chi connectivity index (χ2n) is 6.91. The van der Waals surface area contributed by atoms with Crippen LogP contribution in [0.15, 0.2) is 66.7 Å². The monoisotopic (exact) mass is 406 g/mol. The second kappa shape index (κ2) is 10.4. The minimum Gasteiger partial charge on any atom is -0.481 e. The van der Waals surface area contributed by atoms with Gasteiger partial charge in [-0.15, -0.1) is 0 Å². The van der Waals surface area contributed by atoms with Gasteiger partial charge in [0.1, 0.15) is 5.75 Å². The Labute approximate surface area is 176 Å². The van der Waals surface area contributed by atoms with Crippen molar-refractivity contribution in [3.05, 3.63) is 72.3 Å². The Balaban J connectivity index is 1.64. The predicted molar refractivity (Wildman–Crippen MR) is 118 cm³/mol. The summed E-state index contributed by atoms with van der Waals surface area (Å²) in [6, 6.07) is 20.6. The number of carbonyl (C=O) groups is 2. The van der Waals surface area contributed by atoms with E-state index in [1.54, 1.807) is 38.3 Å². The van der Waals surface area contributed by atoms with Gasteiger partial charge >= 0.3 is 0 Å². The van der Waals surface area contributed by atoms with Gasteiger partial charge < -0.3 is 20.1 Å². The van der Waals surface area contributed by atoms with E-state index in [-0.39, 0.29) is 11.8 Å². The van der Waals surface area contributed by atoms with E-state index in [2.05, 4.69) is 10.6 Å². The first kappa shape index (κ1) is 21.3. The highest BCUT2D eigenvalue weighted by Crippen LogP contribution is 2.22. The summed E-state index contributed by atoms with van der Waals surface area (Å²) in [6.45, 7) is 2.75. The minimum absolute atomic E-state index is 0.245. The largest absolute Gasteiger partial charge is 0.481 e. The van der Waals surface area contributed by atoms with Gasteiger partial charge in [0.2, 0.25) is 0 Å². The van der Waals surface area contributed by atoms with Crippen molar-refractivity contribution in [3.8, 4) is 5.75 Å². The van der Waals surface area contributed by atoms with Crippen LogP contribution in [0.3, 0.4) is 0 Å². The molecule has 0 bridgehead atoms. The van der Waals surface area contributed by atoms with E-state index in [1.807, 2.05) is 42.5 Å². The number of fused-ring (bicyclic) bond motifs is 1. The number of methoxy groups -OCH3 is 1. The number of carbonyl (C=O) groups excluding carboxylic acids is 2. The van der Waals surface area contributed by atoms with E-state index in [4.69, 9.17) is 9.47 Å². The van der Waals surface area contributed by atoms with Crippen LogP contribution < -0.4 is 15.4 Å². The molecule has 156 valence electrons. The molecule has 0 spiro atoms. The highest BCUT2D eigenvalue weighted by atomic mass is 16.5. The molecule has 2 N–H and O–H groups in total. The number of para-hydroxylation sites is 1. The van der Waals surface area contributed by atoms with E-state index in [9.17, 15) is 9.59 Å². The molecule has 0 heterocycles. The lowest BCUT2D eigenvalue weighted by Gasteiger charge is -2.17. The molecule has 1 atom stereocenters. The van der Waals surface area contributed by atoms with Crippen LogP contribution >= 0.6 is 0 Å². The van der Waals surface area contributed by atoms with Crippen LogP contribution in [0.25, 0.3) is 10.8 Å². The first-order valence-electron chi connectivity index (χ1n) is 9.91. The van der Waals surface area contributed by atoms with Crippen molar-refractivity contribution in [2.24, 2.45) is 0 Å². The molecule has 0 fully saturated rings. The molecule has 3 aromatic carbocycles. The van der Waals surface area contributed by atoms with Gasteiger partial charge in [0.05, 0.1) is 11.3 Å².